The van der Waals surface area contributed by atoms with E-state index in [0.29, 0.717) is 41.5 Å². The van der Waals surface area contributed by atoms with Gasteiger partial charge in [0.1, 0.15) is 17.5 Å². The first-order valence-electron chi connectivity index (χ1n) is 11.4. The Morgan fingerprint density at radius 3 is 2.63 bits per heavy atom. The standard InChI is InChI=1S/C26H17ClF5N5O/c27-18-2-1-11(28)7-16(18)22-21-20(10-19(33)14-4-6-37(23(14)21)25(38)36-22)35-24-15-8-12(29)9-17(26(30,31)32)13(15)3-5-34-24/h1-3,5,7-10,22H,4,6,33H2,(H,34,35)(H,36,38). The number of anilines is 4. The number of nitrogens with one attached hydrogen (secondary N) is 2. The molecule has 1 atom stereocenters. The molecule has 2 aliphatic rings. The van der Waals surface area contributed by atoms with Gasteiger partial charge in [0.2, 0.25) is 0 Å². The lowest BCUT2D eigenvalue weighted by Gasteiger charge is -2.35. The normalized spacial score (nSPS) is 16.5. The van der Waals surface area contributed by atoms with Gasteiger partial charge in [-0.3, -0.25) is 4.90 Å². The molecule has 3 aromatic carbocycles. The minimum absolute atomic E-state index is 0.0614. The van der Waals surface area contributed by atoms with Crippen molar-refractivity contribution >= 4 is 51.3 Å². The highest BCUT2D eigenvalue weighted by molar-refractivity contribution is 6.31. The fourth-order valence-electron chi connectivity index (χ4n) is 5.21. The van der Waals surface area contributed by atoms with Crippen molar-refractivity contribution in [1.82, 2.24) is 10.3 Å². The van der Waals surface area contributed by atoms with Crippen molar-refractivity contribution in [1.29, 1.82) is 0 Å². The summed E-state index contributed by atoms with van der Waals surface area (Å²) in [6, 6.07) is 6.50. The Hall–Kier alpha value is -4.12. The van der Waals surface area contributed by atoms with E-state index >= 15 is 0 Å². The Labute approximate surface area is 217 Å². The summed E-state index contributed by atoms with van der Waals surface area (Å²) in [6.45, 7) is 0.345. The van der Waals surface area contributed by atoms with Crippen LogP contribution in [0.15, 0.2) is 48.7 Å². The van der Waals surface area contributed by atoms with Gasteiger partial charge in [0.25, 0.3) is 0 Å². The van der Waals surface area contributed by atoms with Gasteiger partial charge in [-0.1, -0.05) is 11.6 Å². The summed E-state index contributed by atoms with van der Waals surface area (Å²) in [5, 5.41) is 5.68. The number of carbonyl (C=O) groups excluding carboxylic acids is 1. The maximum absolute atomic E-state index is 14.3. The molecule has 0 saturated carbocycles. The third kappa shape index (κ3) is 3.76. The second-order valence-corrected chi connectivity index (χ2v) is 9.44. The SMILES string of the molecule is Nc1cc(Nc2nccc3c(C(F)(F)F)cc(F)cc23)c2c3c1CCN3C(=O)NC2c1cc(F)ccc1Cl. The van der Waals surface area contributed by atoms with Crippen LogP contribution in [0, 0.1) is 11.6 Å². The minimum atomic E-state index is -4.80. The summed E-state index contributed by atoms with van der Waals surface area (Å²) in [7, 11) is 0. The summed E-state index contributed by atoms with van der Waals surface area (Å²) >= 11 is 6.40. The van der Waals surface area contributed by atoms with E-state index in [4.69, 9.17) is 17.3 Å². The highest BCUT2D eigenvalue weighted by atomic mass is 35.5. The molecular weight excluding hydrogens is 529 g/mol. The van der Waals surface area contributed by atoms with Crippen molar-refractivity contribution in [2.24, 2.45) is 0 Å². The fraction of sp³-hybridized carbons (Fsp3) is 0.154. The summed E-state index contributed by atoms with van der Waals surface area (Å²) in [5.74, 6) is -1.72. The summed E-state index contributed by atoms with van der Waals surface area (Å²) in [4.78, 5) is 18.6. The molecule has 4 aromatic rings. The number of carbonyl (C=O) groups is 1. The van der Waals surface area contributed by atoms with E-state index in [1.54, 1.807) is 6.07 Å². The first kappa shape index (κ1) is 24.2. The van der Waals surface area contributed by atoms with Crippen LogP contribution in [0.3, 0.4) is 0 Å². The molecule has 6 rings (SSSR count). The Morgan fingerprint density at radius 2 is 1.87 bits per heavy atom. The van der Waals surface area contributed by atoms with E-state index in [-0.39, 0.29) is 32.9 Å². The maximum Gasteiger partial charge on any atom is 0.417 e. The number of nitrogens with zero attached hydrogens (tertiary/aromatic N) is 2. The second-order valence-electron chi connectivity index (χ2n) is 9.03. The van der Waals surface area contributed by atoms with Crippen molar-refractivity contribution in [2.75, 3.05) is 22.5 Å². The fourth-order valence-corrected chi connectivity index (χ4v) is 5.43. The van der Waals surface area contributed by atoms with Crippen LogP contribution in [0.2, 0.25) is 5.02 Å². The maximum atomic E-state index is 14.3. The Kier molecular flexibility index (Phi) is 5.39. The summed E-state index contributed by atoms with van der Waals surface area (Å²) < 4.78 is 69.6. The van der Waals surface area contributed by atoms with Gasteiger partial charge in [0.15, 0.2) is 0 Å². The highest BCUT2D eigenvalue weighted by Gasteiger charge is 2.40. The number of hydrogen-bond donors (Lipinski definition) is 3. The zero-order valence-electron chi connectivity index (χ0n) is 19.3. The van der Waals surface area contributed by atoms with E-state index in [1.807, 2.05) is 0 Å². The number of urea groups is 1. The van der Waals surface area contributed by atoms with Gasteiger partial charge >= 0.3 is 12.2 Å². The number of aromatic nitrogens is 1. The first-order chi connectivity index (χ1) is 18.0. The highest BCUT2D eigenvalue weighted by Crippen LogP contribution is 2.49. The number of hydrogen-bond acceptors (Lipinski definition) is 4. The molecule has 6 nitrogen and oxygen atoms in total. The number of pyridine rings is 1. The average molecular weight is 546 g/mol. The predicted molar refractivity (Wildman–Crippen MR) is 134 cm³/mol. The molecule has 0 fully saturated rings. The van der Waals surface area contributed by atoms with Gasteiger partial charge in [0, 0.05) is 51.2 Å². The van der Waals surface area contributed by atoms with E-state index < -0.39 is 35.4 Å². The van der Waals surface area contributed by atoms with Crippen molar-refractivity contribution in [3.05, 3.63) is 87.6 Å². The molecule has 0 spiro atoms. The van der Waals surface area contributed by atoms with Gasteiger partial charge < -0.3 is 16.4 Å². The van der Waals surface area contributed by atoms with Gasteiger partial charge in [-0.2, -0.15) is 13.2 Å². The second kappa shape index (κ2) is 8.45. The molecule has 1 aromatic heterocycles. The van der Waals surface area contributed by atoms with Crippen LogP contribution in [0.4, 0.5) is 49.6 Å². The van der Waals surface area contributed by atoms with E-state index in [2.05, 4.69) is 15.6 Å². The quantitative estimate of drug-likeness (QED) is 0.198. The van der Waals surface area contributed by atoms with E-state index in [1.165, 1.54) is 29.3 Å². The van der Waals surface area contributed by atoms with Crippen molar-refractivity contribution in [2.45, 2.75) is 18.6 Å². The molecule has 0 bridgehead atoms. The largest absolute Gasteiger partial charge is 0.417 e. The van der Waals surface area contributed by atoms with E-state index in [0.717, 1.165) is 12.1 Å². The molecule has 4 N–H and O–H groups in total. The molecule has 2 amide bonds. The lowest BCUT2D eigenvalue weighted by atomic mass is 9.91. The van der Waals surface area contributed by atoms with Crippen LogP contribution in [-0.4, -0.2) is 17.6 Å². The van der Waals surface area contributed by atoms with Crippen molar-refractivity contribution in [3.63, 3.8) is 0 Å². The number of alkyl halides is 3. The smallest absolute Gasteiger partial charge is 0.398 e. The molecule has 194 valence electrons. The molecule has 3 heterocycles. The molecular formula is C26H17ClF5N5O. The number of benzene rings is 3. The van der Waals surface area contributed by atoms with Crippen LogP contribution >= 0.6 is 11.6 Å². The van der Waals surface area contributed by atoms with Crippen LogP contribution in [0.5, 0.6) is 0 Å². The number of halogens is 6. The van der Waals surface area contributed by atoms with Gasteiger partial charge in [-0.15, -0.1) is 0 Å². The third-order valence-corrected chi connectivity index (χ3v) is 7.15. The van der Waals surface area contributed by atoms with Crippen LogP contribution < -0.4 is 21.3 Å². The van der Waals surface area contributed by atoms with Gasteiger partial charge in [-0.25, -0.2) is 18.6 Å². The Balaban J connectivity index is 1.58. The Bertz CT molecular complexity index is 1660. The average Bonchev–Trinajstić information content (AvgIpc) is 3.30. The number of rotatable bonds is 3. The zero-order chi connectivity index (χ0) is 26.9. The summed E-state index contributed by atoms with van der Waals surface area (Å²) in [6.07, 6.45) is -3.15. The number of nitrogens with two attached hydrogens (primary N) is 1. The molecule has 0 radical (unpaired) electrons. The monoisotopic (exact) mass is 545 g/mol. The summed E-state index contributed by atoms with van der Waals surface area (Å²) in [5.41, 5.74) is 7.77. The van der Waals surface area contributed by atoms with E-state index in [9.17, 15) is 26.7 Å². The molecule has 0 aliphatic carbocycles. The number of nitrogen functional groups attached to an aromatic ring is 1. The lowest BCUT2D eigenvalue weighted by Crippen LogP contribution is -2.46. The number of fused-ring (bicyclic) bond motifs is 1. The van der Waals surface area contributed by atoms with Gasteiger partial charge in [0.05, 0.1) is 17.3 Å². The van der Waals surface area contributed by atoms with Crippen LogP contribution in [0.25, 0.3) is 10.8 Å². The topological polar surface area (TPSA) is 83.3 Å². The van der Waals surface area contributed by atoms with Crippen LogP contribution in [-0.2, 0) is 12.6 Å². The Morgan fingerprint density at radius 1 is 1.08 bits per heavy atom. The molecule has 12 heteroatoms. The molecule has 0 saturated heterocycles. The molecule has 1 unspecified atom stereocenters. The van der Waals surface area contributed by atoms with Crippen LogP contribution in [0.1, 0.15) is 28.3 Å². The zero-order valence-corrected chi connectivity index (χ0v) is 20.0. The lowest BCUT2D eigenvalue weighted by molar-refractivity contribution is -0.136. The molecule has 2 aliphatic heterocycles. The van der Waals surface area contributed by atoms with Gasteiger partial charge in [-0.05, 0) is 54.3 Å². The molecule has 38 heavy (non-hydrogen) atoms. The van der Waals surface area contributed by atoms with Crippen molar-refractivity contribution < 1.29 is 26.7 Å². The number of amides is 2. The minimum Gasteiger partial charge on any atom is -0.398 e. The third-order valence-electron chi connectivity index (χ3n) is 6.81. The van der Waals surface area contributed by atoms with Crippen molar-refractivity contribution in [3.8, 4) is 0 Å². The predicted octanol–water partition coefficient (Wildman–Crippen LogP) is 6.69. The first-order valence-corrected chi connectivity index (χ1v) is 11.8.